The van der Waals surface area contributed by atoms with E-state index in [1.807, 2.05) is 19.9 Å². The molecule has 0 N–H and O–H groups in total. The van der Waals surface area contributed by atoms with Crippen LogP contribution in [0.4, 0.5) is 0 Å². The van der Waals surface area contributed by atoms with Crippen molar-refractivity contribution in [1.82, 2.24) is 0 Å². The lowest BCUT2D eigenvalue weighted by molar-refractivity contribution is -0.159. The lowest BCUT2D eigenvalue weighted by Gasteiger charge is -2.31. The molecular formula is C24H25O3S+. The van der Waals surface area contributed by atoms with Crippen molar-refractivity contribution in [2.75, 3.05) is 6.61 Å². The van der Waals surface area contributed by atoms with Crippen molar-refractivity contribution in [3.8, 4) is 35.3 Å². The Morgan fingerprint density at radius 1 is 1.18 bits per heavy atom. The molecule has 3 rings (SSSR count). The first-order valence-electron chi connectivity index (χ1n) is 9.48. The van der Waals surface area contributed by atoms with Crippen molar-refractivity contribution in [2.24, 2.45) is 0 Å². The topological polar surface area (TPSA) is 35.5 Å². The Kier molecular flexibility index (Phi) is 6.12. The maximum atomic E-state index is 12.3. The minimum Gasteiger partial charge on any atom is -0.481 e. The van der Waals surface area contributed by atoms with Crippen molar-refractivity contribution >= 4 is 16.4 Å². The van der Waals surface area contributed by atoms with Gasteiger partial charge < -0.3 is 9.47 Å². The number of rotatable bonds is 5. The van der Waals surface area contributed by atoms with Gasteiger partial charge in [0.1, 0.15) is 11.1 Å². The highest BCUT2D eigenvalue weighted by Crippen LogP contribution is 2.37. The monoisotopic (exact) mass is 393 g/mol. The lowest BCUT2D eigenvalue weighted by Crippen LogP contribution is -2.37. The number of carbonyl (C=O) groups excluding carboxylic acids is 1. The van der Waals surface area contributed by atoms with Crippen LogP contribution < -0.4 is 4.74 Å². The lowest BCUT2D eigenvalue weighted by atomic mass is 9.85. The second-order valence-electron chi connectivity index (χ2n) is 7.24. The van der Waals surface area contributed by atoms with E-state index in [9.17, 15) is 4.79 Å². The van der Waals surface area contributed by atoms with Gasteiger partial charge in [0.15, 0.2) is 22.5 Å². The Balaban J connectivity index is 1.68. The van der Waals surface area contributed by atoms with Crippen LogP contribution in [0.2, 0.25) is 0 Å². The fourth-order valence-electron chi connectivity index (χ4n) is 3.64. The summed E-state index contributed by atoms with van der Waals surface area (Å²) >= 11 is 0. The Labute approximate surface area is 170 Å². The van der Waals surface area contributed by atoms with Crippen LogP contribution in [0, 0.1) is 38.5 Å². The van der Waals surface area contributed by atoms with Crippen molar-refractivity contribution in [3.05, 3.63) is 45.6 Å². The van der Waals surface area contributed by atoms with E-state index in [0.717, 1.165) is 48.8 Å². The summed E-state index contributed by atoms with van der Waals surface area (Å²) in [5.74, 6) is 5.66. The first-order valence-corrected chi connectivity index (χ1v) is 10.8. The SMILES string of the molecule is C#Cc1cc[s+](-c2cc(C)c(OCC(=O)OC3(C#C)CCCCC3)c(C)c2)c1. The molecule has 1 aliphatic rings. The Morgan fingerprint density at radius 2 is 1.86 bits per heavy atom. The van der Waals surface area contributed by atoms with Crippen LogP contribution in [0.15, 0.2) is 29.0 Å². The molecule has 1 saturated carbocycles. The molecule has 144 valence electrons. The zero-order valence-electron chi connectivity index (χ0n) is 16.4. The molecule has 0 amide bonds. The van der Waals surface area contributed by atoms with E-state index in [2.05, 4.69) is 34.7 Å². The first kappa shape index (κ1) is 20.1. The predicted octanol–water partition coefficient (Wildman–Crippen LogP) is 5.28. The van der Waals surface area contributed by atoms with E-state index >= 15 is 0 Å². The summed E-state index contributed by atoms with van der Waals surface area (Å²) in [5.41, 5.74) is 2.11. The summed E-state index contributed by atoms with van der Waals surface area (Å²) in [4.78, 5) is 13.5. The molecule has 1 unspecified atom stereocenters. The summed E-state index contributed by atoms with van der Waals surface area (Å²) in [5, 5.41) is 4.21. The van der Waals surface area contributed by atoms with Crippen molar-refractivity contribution in [3.63, 3.8) is 0 Å². The minimum absolute atomic E-state index is 0.129. The molecule has 1 heterocycles. The molecule has 0 spiro atoms. The number of benzene rings is 1. The molecule has 4 heteroatoms. The molecule has 1 atom stereocenters. The van der Waals surface area contributed by atoms with Gasteiger partial charge in [-0.1, -0.05) is 18.3 Å². The fraction of sp³-hybridized carbons (Fsp3) is 0.375. The highest BCUT2D eigenvalue weighted by atomic mass is 32.2. The highest BCUT2D eigenvalue weighted by molar-refractivity contribution is 7.37. The average Bonchev–Trinajstić information content (AvgIpc) is 3.17. The molecule has 1 aromatic heterocycles. The molecule has 3 nitrogen and oxygen atoms in total. The molecule has 1 fully saturated rings. The molecule has 0 radical (unpaired) electrons. The van der Waals surface area contributed by atoms with Crippen LogP contribution in [0.3, 0.4) is 0 Å². The van der Waals surface area contributed by atoms with Gasteiger partial charge in [0, 0.05) is 28.7 Å². The number of carbonyl (C=O) groups is 1. The quantitative estimate of drug-likeness (QED) is 0.394. The van der Waals surface area contributed by atoms with E-state index in [-0.39, 0.29) is 17.1 Å². The third kappa shape index (κ3) is 4.41. The van der Waals surface area contributed by atoms with Crippen LogP contribution >= 0.6 is 10.5 Å². The van der Waals surface area contributed by atoms with Gasteiger partial charge in [-0.05, 0) is 50.7 Å². The second kappa shape index (κ2) is 8.55. The normalized spacial score (nSPS) is 15.9. The number of esters is 1. The summed E-state index contributed by atoms with van der Waals surface area (Å²) in [6.07, 6.45) is 15.7. The van der Waals surface area contributed by atoms with Crippen LogP contribution in [-0.2, 0) is 9.53 Å². The Bertz CT molecular complexity index is 926. The molecule has 0 aliphatic heterocycles. The van der Waals surface area contributed by atoms with Gasteiger partial charge in [-0.2, -0.15) is 0 Å². The van der Waals surface area contributed by atoms with E-state index in [4.69, 9.17) is 22.3 Å². The molecule has 1 aliphatic carbocycles. The van der Waals surface area contributed by atoms with E-state index in [1.165, 1.54) is 4.90 Å². The summed E-state index contributed by atoms with van der Waals surface area (Å²) in [6, 6.07) is 6.14. The number of aryl methyl sites for hydroxylation is 2. The van der Waals surface area contributed by atoms with Gasteiger partial charge in [0.2, 0.25) is 0 Å². The Hall–Kier alpha value is -2.69. The van der Waals surface area contributed by atoms with Gasteiger partial charge in [-0.15, -0.1) is 12.8 Å². The van der Waals surface area contributed by atoms with Crippen molar-refractivity contribution in [1.29, 1.82) is 0 Å². The maximum Gasteiger partial charge on any atom is 0.345 e. The van der Waals surface area contributed by atoms with Crippen molar-refractivity contribution < 1.29 is 14.3 Å². The van der Waals surface area contributed by atoms with Gasteiger partial charge >= 0.3 is 5.97 Å². The number of ether oxygens (including phenoxy) is 2. The third-order valence-electron chi connectivity index (χ3n) is 5.09. The molecule has 0 saturated heterocycles. The van der Waals surface area contributed by atoms with Gasteiger partial charge in [0.05, 0.1) is 5.56 Å². The molecule has 28 heavy (non-hydrogen) atoms. The second-order valence-corrected chi connectivity index (χ2v) is 8.96. The van der Waals surface area contributed by atoms with Gasteiger partial charge in [-0.25, -0.2) is 4.79 Å². The molecule has 1 aromatic carbocycles. The number of hydrogen-bond acceptors (Lipinski definition) is 3. The zero-order valence-corrected chi connectivity index (χ0v) is 17.2. The minimum atomic E-state index is -0.760. The van der Waals surface area contributed by atoms with Gasteiger partial charge in [0.25, 0.3) is 0 Å². The number of thiophene rings is 1. The average molecular weight is 394 g/mol. The third-order valence-corrected chi connectivity index (χ3v) is 6.81. The highest BCUT2D eigenvalue weighted by Gasteiger charge is 2.34. The summed E-state index contributed by atoms with van der Waals surface area (Å²) in [7, 11) is -0.129. The summed E-state index contributed by atoms with van der Waals surface area (Å²) < 4.78 is 11.4. The molecule has 0 bridgehead atoms. The Morgan fingerprint density at radius 3 is 2.43 bits per heavy atom. The van der Waals surface area contributed by atoms with E-state index in [1.54, 1.807) is 0 Å². The van der Waals surface area contributed by atoms with Crippen LogP contribution in [0.25, 0.3) is 4.90 Å². The summed E-state index contributed by atoms with van der Waals surface area (Å²) in [6.45, 7) is 3.82. The largest absolute Gasteiger partial charge is 0.481 e. The van der Waals surface area contributed by atoms with E-state index < -0.39 is 11.6 Å². The van der Waals surface area contributed by atoms with Crippen molar-refractivity contribution in [2.45, 2.75) is 51.6 Å². The van der Waals surface area contributed by atoms with Crippen LogP contribution in [0.5, 0.6) is 5.75 Å². The predicted molar refractivity (Wildman–Crippen MR) is 114 cm³/mol. The first-order chi connectivity index (χ1) is 13.5. The smallest absolute Gasteiger partial charge is 0.345 e. The maximum absolute atomic E-state index is 12.3. The fourth-order valence-corrected chi connectivity index (χ4v) is 5.35. The zero-order chi connectivity index (χ0) is 20.1. The standard InChI is InChI=1S/C24H25O3S/c1-5-20-10-13-28(17-20)21-14-18(3)23(19(4)15-21)26-16-22(25)27-24(6-2)11-8-7-9-12-24/h1-2,10,13-15,17H,7-9,11-12,16H2,3-4H3/q+1. The van der Waals surface area contributed by atoms with Crippen LogP contribution in [-0.4, -0.2) is 18.2 Å². The van der Waals surface area contributed by atoms with E-state index in [0.29, 0.717) is 5.75 Å². The number of terminal acetylenes is 2. The van der Waals surface area contributed by atoms with Gasteiger partial charge in [-0.3, -0.25) is 0 Å². The number of hydrogen-bond donors (Lipinski definition) is 0. The molecular weight excluding hydrogens is 368 g/mol. The van der Waals surface area contributed by atoms with Crippen LogP contribution in [0.1, 0.15) is 48.8 Å². The molecule has 2 aromatic rings.